The molecule has 10 heteroatoms. The molecule has 4 atom stereocenters. The van der Waals surface area contributed by atoms with E-state index >= 15 is 0 Å². The number of carbonyl (C=O) groups excluding carboxylic acids is 6. The van der Waals surface area contributed by atoms with Gasteiger partial charge in [-0.25, -0.2) is 0 Å². The van der Waals surface area contributed by atoms with E-state index in [-0.39, 0.29) is 59.9 Å². The predicted molar refractivity (Wildman–Crippen MR) is 275 cm³/mol. The Hall–Kier alpha value is -7.14. The fourth-order valence-corrected chi connectivity index (χ4v) is 10.2. The number of likely N-dealkylation sites (tertiary alicyclic amines) is 2. The molecule has 2 saturated heterocycles. The molecule has 0 radical (unpaired) electrons. The maximum Gasteiger partial charge on any atom is 0.236 e. The van der Waals surface area contributed by atoms with E-state index in [1.807, 2.05) is 168 Å². The van der Waals surface area contributed by atoms with Crippen LogP contribution in [0.1, 0.15) is 75.5 Å². The van der Waals surface area contributed by atoms with Gasteiger partial charge < -0.3 is 9.80 Å². The second-order valence-corrected chi connectivity index (χ2v) is 19.1. The predicted octanol–water partition coefficient (Wildman–Crippen LogP) is 8.96. The first-order valence-electron chi connectivity index (χ1n) is 24.1. The van der Waals surface area contributed by atoms with Crippen molar-refractivity contribution in [3.8, 4) is 0 Å². The summed E-state index contributed by atoms with van der Waals surface area (Å²) in [5.74, 6) is -2.48. The van der Waals surface area contributed by atoms with Gasteiger partial charge in [-0.3, -0.25) is 38.6 Å². The minimum atomic E-state index is -0.464. The van der Waals surface area contributed by atoms with Crippen molar-refractivity contribution in [1.82, 2.24) is 19.6 Å². The number of ketones is 4. The van der Waals surface area contributed by atoms with Gasteiger partial charge in [-0.1, -0.05) is 170 Å². The van der Waals surface area contributed by atoms with Crippen LogP contribution in [-0.2, 0) is 9.59 Å². The smallest absolute Gasteiger partial charge is 0.236 e. The highest BCUT2D eigenvalue weighted by Crippen LogP contribution is 2.43. The lowest BCUT2D eigenvalue weighted by atomic mass is 9.67. The molecule has 10 nitrogen and oxygen atoms in total. The lowest BCUT2D eigenvalue weighted by Crippen LogP contribution is -2.52. The van der Waals surface area contributed by atoms with E-state index < -0.39 is 23.7 Å². The molecule has 0 spiro atoms. The standard InChI is InChI=1S/C31H34N2O3.C29H30N2O3/c1-21-12-11-17-25(22(21)2)29-26(30(35)23-13-7-5-8-14-23)18-33(20-28(34)32(3)4)19-27(29)31(36)24-15-9-6-10-16-24;1-30(2)26(32)20-31-18-24(28(33)22-14-8-4-9-15-22)27(21-12-6-3-7-13-21)25(19-31)29(34)23-16-10-5-11-17-23/h5-17,26-27,29H,18-20H2,1-4H3;3-17,24-25,27H,18-20H2,1-2H3. The number of likely N-dealkylation sites (N-methyl/N-ethyl adjacent to an activating group) is 2. The van der Waals surface area contributed by atoms with E-state index in [1.165, 1.54) is 0 Å². The third-order valence-corrected chi connectivity index (χ3v) is 14.0. The van der Waals surface area contributed by atoms with Gasteiger partial charge in [-0.2, -0.15) is 0 Å². The Morgan fingerprint density at radius 3 is 1.01 bits per heavy atom. The van der Waals surface area contributed by atoms with E-state index in [9.17, 15) is 28.8 Å². The molecule has 2 fully saturated rings. The number of benzene rings is 6. The summed E-state index contributed by atoms with van der Waals surface area (Å²) in [5, 5.41) is 0. The molecule has 0 aromatic heterocycles. The molecule has 0 N–H and O–H groups in total. The van der Waals surface area contributed by atoms with Crippen LogP contribution in [0.5, 0.6) is 0 Å². The quantitative estimate of drug-likeness (QED) is 0.0996. The van der Waals surface area contributed by atoms with Crippen molar-refractivity contribution in [3.05, 3.63) is 214 Å². The normalized spacial score (nSPS) is 20.3. The second kappa shape index (κ2) is 23.4. The van der Waals surface area contributed by atoms with Gasteiger partial charge in [0.1, 0.15) is 0 Å². The fraction of sp³-hybridized carbons (Fsp3) is 0.300. The van der Waals surface area contributed by atoms with Crippen LogP contribution in [0.25, 0.3) is 0 Å². The van der Waals surface area contributed by atoms with Crippen molar-refractivity contribution in [2.75, 3.05) is 67.5 Å². The first-order valence-corrected chi connectivity index (χ1v) is 24.1. The van der Waals surface area contributed by atoms with Crippen molar-refractivity contribution in [2.24, 2.45) is 23.7 Å². The molecular formula is C60H64N4O6. The Kier molecular flexibility index (Phi) is 17.0. The Balaban J connectivity index is 0.000000207. The number of rotatable bonds is 14. The number of carbonyl (C=O) groups is 6. The zero-order chi connectivity index (χ0) is 49.9. The molecule has 2 amide bonds. The van der Waals surface area contributed by atoms with Crippen molar-refractivity contribution in [2.45, 2.75) is 25.7 Å². The van der Waals surface area contributed by atoms with Gasteiger partial charge in [-0.15, -0.1) is 0 Å². The number of aryl methyl sites for hydroxylation is 1. The molecule has 2 aliphatic heterocycles. The largest absolute Gasteiger partial charge is 0.348 e. The highest BCUT2D eigenvalue weighted by Gasteiger charge is 2.47. The number of hydrogen-bond donors (Lipinski definition) is 0. The van der Waals surface area contributed by atoms with Gasteiger partial charge in [-0.05, 0) is 36.1 Å². The Morgan fingerprint density at radius 2 is 0.700 bits per heavy atom. The Morgan fingerprint density at radius 1 is 0.400 bits per heavy atom. The Bertz CT molecular complexity index is 2620. The van der Waals surface area contributed by atoms with E-state index in [1.54, 1.807) is 38.0 Å². The van der Waals surface area contributed by atoms with Crippen molar-refractivity contribution in [3.63, 3.8) is 0 Å². The summed E-state index contributed by atoms with van der Waals surface area (Å²) < 4.78 is 0. The van der Waals surface area contributed by atoms with Gasteiger partial charge in [0.25, 0.3) is 0 Å². The summed E-state index contributed by atoms with van der Waals surface area (Å²) in [6, 6.07) is 53.0. The minimum absolute atomic E-state index is 0.00215. The van der Waals surface area contributed by atoms with Gasteiger partial charge in [0.2, 0.25) is 11.8 Å². The molecule has 70 heavy (non-hydrogen) atoms. The maximum absolute atomic E-state index is 14.0. The summed E-state index contributed by atoms with van der Waals surface area (Å²) in [7, 11) is 6.89. The topological polar surface area (TPSA) is 115 Å². The lowest BCUT2D eigenvalue weighted by molar-refractivity contribution is -0.131. The molecule has 4 unspecified atom stereocenters. The summed E-state index contributed by atoms with van der Waals surface area (Å²) in [6.45, 7) is 6.16. The highest BCUT2D eigenvalue weighted by molar-refractivity contribution is 6.03. The van der Waals surface area contributed by atoms with Crippen LogP contribution >= 0.6 is 0 Å². The average molecular weight is 937 g/mol. The van der Waals surface area contributed by atoms with E-state index in [0.717, 1.165) is 22.3 Å². The lowest BCUT2D eigenvalue weighted by Gasteiger charge is -2.43. The molecule has 6 aromatic rings. The molecule has 0 aliphatic carbocycles. The summed E-state index contributed by atoms with van der Waals surface area (Å²) in [4.78, 5) is 88.0. The number of nitrogens with zero attached hydrogens (tertiary/aromatic N) is 4. The molecule has 0 saturated carbocycles. The average Bonchev–Trinajstić information content (AvgIpc) is 3.39. The minimum Gasteiger partial charge on any atom is -0.348 e. The summed E-state index contributed by atoms with van der Waals surface area (Å²) in [5.41, 5.74) is 6.77. The van der Waals surface area contributed by atoms with E-state index in [4.69, 9.17) is 0 Å². The molecule has 8 rings (SSSR count). The van der Waals surface area contributed by atoms with Crippen LogP contribution in [0.15, 0.2) is 170 Å². The van der Waals surface area contributed by atoms with Gasteiger partial charge >= 0.3 is 0 Å². The highest BCUT2D eigenvalue weighted by atomic mass is 16.2. The maximum atomic E-state index is 14.0. The second-order valence-electron chi connectivity index (χ2n) is 19.1. The van der Waals surface area contributed by atoms with Gasteiger partial charge in [0, 0.05) is 112 Å². The molecule has 6 aromatic carbocycles. The zero-order valence-electron chi connectivity index (χ0n) is 41.1. The third kappa shape index (κ3) is 12.0. The number of piperidine rings is 2. The third-order valence-electron chi connectivity index (χ3n) is 14.0. The zero-order valence-corrected chi connectivity index (χ0v) is 41.1. The van der Waals surface area contributed by atoms with Crippen LogP contribution in [-0.4, -0.2) is 122 Å². The number of Topliss-reactive ketones (excluding diaryl/α,β-unsaturated/α-hetero) is 4. The first kappa shape index (κ1) is 50.7. The van der Waals surface area contributed by atoms with Crippen molar-refractivity contribution in [1.29, 1.82) is 0 Å². The first-order chi connectivity index (χ1) is 33.7. The molecule has 2 heterocycles. The van der Waals surface area contributed by atoms with E-state index in [2.05, 4.69) is 26.0 Å². The van der Waals surface area contributed by atoms with Crippen LogP contribution in [0.3, 0.4) is 0 Å². The monoisotopic (exact) mass is 936 g/mol. The van der Waals surface area contributed by atoms with Crippen LogP contribution in [0, 0.1) is 37.5 Å². The number of hydrogen-bond acceptors (Lipinski definition) is 8. The van der Waals surface area contributed by atoms with Crippen LogP contribution < -0.4 is 0 Å². The van der Waals surface area contributed by atoms with E-state index in [0.29, 0.717) is 48.4 Å². The van der Waals surface area contributed by atoms with Gasteiger partial charge in [0.15, 0.2) is 23.1 Å². The molecular weight excluding hydrogens is 873 g/mol. The molecule has 2 aliphatic rings. The van der Waals surface area contributed by atoms with Crippen LogP contribution in [0.2, 0.25) is 0 Å². The van der Waals surface area contributed by atoms with Crippen molar-refractivity contribution < 1.29 is 28.8 Å². The Labute approximate surface area is 412 Å². The SMILES string of the molecule is CN(C)C(=O)CN1CC(C(=O)c2ccccc2)C(c2ccccc2)C(C(=O)c2ccccc2)C1.Cc1cccc(C2C(C(=O)c3ccccc3)CN(CC(=O)N(C)C)CC2C(=O)c2ccccc2)c1C. The fourth-order valence-electron chi connectivity index (χ4n) is 10.2. The number of amides is 2. The molecule has 0 bridgehead atoms. The summed E-state index contributed by atoms with van der Waals surface area (Å²) in [6.07, 6.45) is 0. The van der Waals surface area contributed by atoms with Crippen LogP contribution in [0.4, 0.5) is 0 Å². The molecule has 360 valence electrons. The van der Waals surface area contributed by atoms with Crippen molar-refractivity contribution >= 4 is 34.9 Å². The van der Waals surface area contributed by atoms with Gasteiger partial charge in [0.05, 0.1) is 13.1 Å². The summed E-state index contributed by atoms with van der Waals surface area (Å²) >= 11 is 0.